The highest BCUT2D eigenvalue weighted by atomic mass is 19.1. The molecule has 5 heteroatoms. The summed E-state index contributed by atoms with van der Waals surface area (Å²) in [6, 6.07) is 4.32. The first kappa shape index (κ1) is 14.4. The summed E-state index contributed by atoms with van der Waals surface area (Å²) in [5, 5.41) is 0. The molecule has 1 unspecified atom stereocenters. The van der Waals surface area contributed by atoms with Crippen LogP contribution in [0.5, 0.6) is 5.75 Å². The van der Waals surface area contributed by atoms with Gasteiger partial charge in [-0.1, -0.05) is 6.07 Å². The van der Waals surface area contributed by atoms with Gasteiger partial charge in [0.25, 0.3) is 5.91 Å². The van der Waals surface area contributed by atoms with Crippen LogP contribution in [0.15, 0.2) is 18.2 Å². The summed E-state index contributed by atoms with van der Waals surface area (Å²) in [7, 11) is 3.03. The molecule has 0 fully saturated rings. The molecule has 1 aromatic carbocycles. The van der Waals surface area contributed by atoms with Crippen LogP contribution in [-0.4, -0.2) is 37.6 Å². The third kappa shape index (κ3) is 3.43. The zero-order valence-electron chi connectivity index (χ0n) is 10.9. The number of carbonyl (C=O) groups is 1. The molecule has 1 atom stereocenters. The molecule has 2 N–H and O–H groups in total. The predicted octanol–water partition coefficient (Wildman–Crippen LogP) is 1.64. The maximum atomic E-state index is 13.7. The van der Waals surface area contributed by atoms with E-state index in [0.717, 1.165) is 0 Å². The van der Waals surface area contributed by atoms with Crippen molar-refractivity contribution in [3.8, 4) is 5.75 Å². The van der Waals surface area contributed by atoms with Gasteiger partial charge >= 0.3 is 0 Å². The lowest BCUT2D eigenvalue weighted by Gasteiger charge is -2.19. The van der Waals surface area contributed by atoms with Crippen LogP contribution < -0.4 is 10.5 Å². The zero-order chi connectivity index (χ0) is 13.7. The SMILES string of the molecule is COc1cccc(F)c1C(=O)N(C)CCC(C)N. The lowest BCUT2D eigenvalue weighted by molar-refractivity contribution is 0.0783. The van der Waals surface area contributed by atoms with Gasteiger partial charge in [0.05, 0.1) is 7.11 Å². The molecule has 0 aliphatic carbocycles. The number of amides is 1. The number of hydrogen-bond acceptors (Lipinski definition) is 3. The van der Waals surface area contributed by atoms with Crippen molar-refractivity contribution in [3.63, 3.8) is 0 Å². The van der Waals surface area contributed by atoms with E-state index in [9.17, 15) is 9.18 Å². The van der Waals surface area contributed by atoms with E-state index >= 15 is 0 Å². The first-order valence-corrected chi connectivity index (χ1v) is 5.81. The summed E-state index contributed by atoms with van der Waals surface area (Å²) in [5.74, 6) is -0.731. The smallest absolute Gasteiger partial charge is 0.260 e. The lowest BCUT2D eigenvalue weighted by atomic mass is 10.1. The van der Waals surface area contributed by atoms with Crippen molar-refractivity contribution in [1.29, 1.82) is 0 Å². The van der Waals surface area contributed by atoms with Crippen molar-refractivity contribution >= 4 is 5.91 Å². The fraction of sp³-hybridized carbons (Fsp3) is 0.462. The third-order valence-corrected chi connectivity index (χ3v) is 2.68. The van der Waals surface area contributed by atoms with Gasteiger partial charge in [0, 0.05) is 19.6 Å². The molecule has 0 heterocycles. The number of carbonyl (C=O) groups excluding carboxylic acids is 1. The summed E-state index contributed by atoms with van der Waals surface area (Å²) in [5.41, 5.74) is 5.59. The van der Waals surface area contributed by atoms with E-state index < -0.39 is 11.7 Å². The maximum absolute atomic E-state index is 13.7. The van der Waals surface area contributed by atoms with Gasteiger partial charge < -0.3 is 15.4 Å². The van der Waals surface area contributed by atoms with Gasteiger partial charge in [-0.05, 0) is 25.5 Å². The molecule has 0 radical (unpaired) electrons. The van der Waals surface area contributed by atoms with E-state index in [1.807, 2.05) is 6.92 Å². The Labute approximate surface area is 107 Å². The molecule has 0 saturated heterocycles. The minimum Gasteiger partial charge on any atom is -0.496 e. The molecule has 18 heavy (non-hydrogen) atoms. The number of halogens is 1. The molecule has 1 amide bonds. The van der Waals surface area contributed by atoms with Gasteiger partial charge in [0.15, 0.2) is 0 Å². The third-order valence-electron chi connectivity index (χ3n) is 2.68. The standard InChI is InChI=1S/C13H19FN2O2/c1-9(15)7-8-16(2)13(17)12-10(14)5-4-6-11(12)18-3/h4-6,9H,7-8,15H2,1-3H3. The van der Waals surface area contributed by atoms with Crippen molar-refractivity contribution < 1.29 is 13.9 Å². The number of nitrogens with two attached hydrogens (primary N) is 1. The molecule has 4 nitrogen and oxygen atoms in total. The second-order valence-corrected chi connectivity index (χ2v) is 4.31. The quantitative estimate of drug-likeness (QED) is 0.869. The van der Waals surface area contributed by atoms with E-state index in [0.29, 0.717) is 13.0 Å². The van der Waals surface area contributed by atoms with Crippen molar-refractivity contribution in [2.45, 2.75) is 19.4 Å². The van der Waals surface area contributed by atoms with E-state index in [-0.39, 0.29) is 17.4 Å². The number of ether oxygens (including phenoxy) is 1. The monoisotopic (exact) mass is 254 g/mol. The minimum atomic E-state index is -0.577. The molecule has 0 saturated carbocycles. The van der Waals surface area contributed by atoms with Crippen LogP contribution in [0.1, 0.15) is 23.7 Å². The van der Waals surface area contributed by atoms with Gasteiger partial charge in [0.1, 0.15) is 17.1 Å². The Morgan fingerprint density at radius 1 is 1.56 bits per heavy atom. The predicted molar refractivity (Wildman–Crippen MR) is 68.2 cm³/mol. The molecule has 1 aromatic rings. The Morgan fingerprint density at radius 2 is 2.22 bits per heavy atom. The average molecular weight is 254 g/mol. The molecule has 0 bridgehead atoms. The summed E-state index contributed by atoms with van der Waals surface area (Å²) >= 11 is 0. The van der Waals surface area contributed by atoms with Gasteiger partial charge in [-0.15, -0.1) is 0 Å². The van der Waals surface area contributed by atoms with E-state index in [1.165, 1.54) is 24.1 Å². The van der Waals surface area contributed by atoms with Crippen molar-refractivity contribution in [1.82, 2.24) is 4.90 Å². The highest BCUT2D eigenvalue weighted by molar-refractivity contribution is 5.97. The van der Waals surface area contributed by atoms with E-state index in [1.54, 1.807) is 13.1 Å². The Balaban J connectivity index is 2.89. The topological polar surface area (TPSA) is 55.6 Å². The van der Waals surface area contributed by atoms with Crippen LogP contribution in [0.25, 0.3) is 0 Å². The zero-order valence-corrected chi connectivity index (χ0v) is 10.9. The fourth-order valence-electron chi connectivity index (χ4n) is 1.57. The molecular weight excluding hydrogens is 235 g/mol. The van der Waals surface area contributed by atoms with Crippen LogP contribution in [-0.2, 0) is 0 Å². The Bertz CT molecular complexity index is 421. The molecule has 1 rings (SSSR count). The second kappa shape index (κ2) is 6.35. The average Bonchev–Trinajstić information content (AvgIpc) is 2.34. The van der Waals surface area contributed by atoms with Crippen molar-refractivity contribution in [2.75, 3.05) is 20.7 Å². The van der Waals surface area contributed by atoms with E-state index in [2.05, 4.69) is 0 Å². The van der Waals surface area contributed by atoms with Gasteiger partial charge in [-0.25, -0.2) is 4.39 Å². The summed E-state index contributed by atoms with van der Waals surface area (Å²) in [4.78, 5) is 13.6. The number of nitrogens with zero attached hydrogens (tertiary/aromatic N) is 1. The van der Waals surface area contributed by atoms with Crippen LogP contribution in [0, 0.1) is 5.82 Å². The van der Waals surface area contributed by atoms with Crippen LogP contribution >= 0.6 is 0 Å². The van der Waals surface area contributed by atoms with Gasteiger partial charge in [-0.2, -0.15) is 0 Å². The number of methoxy groups -OCH3 is 1. The van der Waals surface area contributed by atoms with Crippen LogP contribution in [0.4, 0.5) is 4.39 Å². The molecule has 0 aliphatic heterocycles. The Hall–Kier alpha value is -1.62. The highest BCUT2D eigenvalue weighted by Gasteiger charge is 2.20. The second-order valence-electron chi connectivity index (χ2n) is 4.31. The first-order chi connectivity index (χ1) is 8.47. The molecule has 0 aliphatic rings. The van der Waals surface area contributed by atoms with Crippen LogP contribution in [0.2, 0.25) is 0 Å². The largest absolute Gasteiger partial charge is 0.496 e. The number of rotatable bonds is 5. The fourth-order valence-corrected chi connectivity index (χ4v) is 1.57. The minimum absolute atomic E-state index is 0.00256. The van der Waals surface area contributed by atoms with Gasteiger partial charge in [-0.3, -0.25) is 4.79 Å². The normalized spacial score (nSPS) is 12.1. The number of hydrogen-bond donors (Lipinski definition) is 1. The van der Waals surface area contributed by atoms with E-state index in [4.69, 9.17) is 10.5 Å². The van der Waals surface area contributed by atoms with Crippen molar-refractivity contribution in [2.24, 2.45) is 5.73 Å². The summed E-state index contributed by atoms with van der Waals surface area (Å²) < 4.78 is 18.7. The summed E-state index contributed by atoms with van der Waals surface area (Å²) in [6.07, 6.45) is 0.666. The van der Waals surface area contributed by atoms with Crippen LogP contribution in [0.3, 0.4) is 0 Å². The molecule has 100 valence electrons. The maximum Gasteiger partial charge on any atom is 0.260 e. The molecule has 0 spiro atoms. The summed E-state index contributed by atoms with van der Waals surface area (Å²) in [6.45, 7) is 2.34. The molecule has 0 aromatic heterocycles. The first-order valence-electron chi connectivity index (χ1n) is 5.81. The Kier molecular flexibility index (Phi) is 5.09. The van der Waals surface area contributed by atoms with Gasteiger partial charge in [0.2, 0.25) is 0 Å². The lowest BCUT2D eigenvalue weighted by Crippen LogP contribution is -2.32. The highest BCUT2D eigenvalue weighted by Crippen LogP contribution is 2.22. The Morgan fingerprint density at radius 3 is 2.78 bits per heavy atom. The van der Waals surface area contributed by atoms with Crippen molar-refractivity contribution in [3.05, 3.63) is 29.6 Å². The molecular formula is C13H19FN2O2. The number of benzene rings is 1.